The molecule has 0 atom stereocenters. The van der Waals surface area contributed by atoms with Crippen LogP contribution in [0.25, 0.3) is 0 Å². The van der Waals surface area contributed by atoms with E-state index in [1.54, 1.807) is 0 Å². The predicted octanol–water partition coefficient (Wildman–Crippen LogP) is 2.71. The van der Waals surface area contributed by atoms with E-state index in [0.717, 1.165) is 13.2 Å². The summed E-state index contributed by atoms with van der Waals surface area (Å²) in [7, 11) is 3.08. The summed E-state index contributed by atoms with van der Waals surface area (Å²) in [6, 6.07) is 11.7. The van der Waals surface area contributed by atoms with E-state index in [-0.39, 0.29) is 0 Å². The highest BCUT2D eigenvalue weighted by Gasteiger charge is 2.31. The molecule has 0 unspecified atom stereocenters. The Kier molecular flexibility index (Phi) is 5.66. The molecule has 0 heterocycles. The number of benzene rings is 1. The predicted molar refractivity (Wildman–Crippen MR) is 73.3 cm³/mol. The van der Waals surface area contributed by atoms with E-state index >= 15 is 0 Å². The molecule has 0 saturated heterocycles. The Morgan fingerprint density at radius 2 is 1.65 bits per heavy atom. The number of rotatable bonds is 2. The number of aliphatic hydroxyl groups is 1. The van der Waals surface area contributed by atoms with Crippen molar-refractivity contribution >= 4 is 0 Å². The van der Waals surface area contributed by atoms with Gasteiger partial charge in [0.1, 0.15) is 0 Å². The topological polar surface area (TPSA) is 32.3 Å². The second kappa shape index (κ2) is 6.77. The summed E-state index contributed by atoms with van der Waals surface area (Å²) in [5.74, 6) is 0. The minimum atomic E-state index is 0.411. The third kappa shape index (κ3) is 3.55. The Hall–Kier alpha value is -0.860. The zero-order valence-electron chi connectivity index (χ0n) is 11.2. The largest absolute Gasteiger partial charge is 0.400 e. The molecule has 1 aliphatic rings. The van der Waals surface area contributed by atoms with Gasteiger partial charge in [-0.1, -0.05) is 37.3 Å². The van der Waals surface area contributed by atoms with Crippen LogP contribution in [0.5, 0.6) is 0 Å². The summed E-state index contributed by atoms with van der Waals surface area (Å²) in [6.45, 7) is 2.41. The van der Waals surface area contributed by atoms with Crippen molar-refractivity contribution in [2.45, 2.75) is 44.1 Å². The first-order chi connectivity index (χ1) is 8.24. The molecule has 0 radical (unpaired) electrons. The molecule has 2 rings (SSSR count). The molecule has 2 N–H and O–H groups in total. The molecule has 1 aromatic carbocycles. The average molecular weight is 235 g/mol. The van der Waals surface area contributed by atoms with E-state index in [1.807, 2.05) is 0 Å². The van der Waals surface area contributed by atoms with Gasteiger partial charge in [-0.05, 0) is 43.7 Å². The fourth-order valence-corrected chi connectivity index (χ4v) is 2.67. The number of hydrogen-bond donors (Lipinski definition) is 2. The van der Waals surface area contributed by atoms with Crippen LogP contribution in [-0.2, 0) is 5.41 Å². The van der Waals surface area contributed by atoms with Crippen LogP contribution in [0.4, 0.5) is 0 Å². The molecule has 1 aliphatic carbocycles. The van der Waals surface area contributed by atoms with Crippen LogP contribution in [-0.4, -0.2) is 25.3 Å². The second-order valence-electron chi connectivity index (χ2n) is 4.99. The SMILES string of the molecule is CNC1CCC(C)(c2ccccc2)CC1.CO. The summed E-state index contributed by atoms with van der Waals surface area (Å²) in [6.07, 6.45) is 5.23. The summed E-state index contributed by atoms with van der Waals surface area (Å²) in [4.78, 5) is 0. The molecule has 0 amide bonds. The summed E-state index contributed by atoms with van der Waals surface area (Å²) in [5, 5.41) is 10.4. The van der Waals surface area contributed by atoms with E-state index in [0.29, 0.717) is 5.41 Å². The minimum Gasteiger partial charge on any atom is -0.400 e. The molecule has 0 aromatic heterocycles. The lowest BCUT2D eigenvalue weighted by molar-refractivity contribution is 0.272. The van der Waals surface area contributed by atoms with Crippen molar-refractivity contribution < 1.29 is 5.11 Å². The van der Waals surface area contributed by atoms with Crippen molar-refractivity contribution in [1.29, 1.82) is 0 Å². The van der Waals surface area contributed by atoms with Gasteiger partial charge in [0.15, 0.2) is 0 Å². The van der Waals surface area contributed by atoms with E-state index in [2.05, 4.69) is 49.6 Å². The molecule has 1 aromatic rings. The maximum absolute atomic E-state index is 7.00. The first-order valence-electron chi connectivity index (χ1n) is 6.42. The van der Waals surface area contributed by atoms with Crippen LogP contribution in [0.1, 0.15) is 38.2 Å². The molecular weight excluding hydrogens is 210 g/mol. The Labute approximate surface area is 105 Å². The van der Waals surface area contributed by atoms with Crippen LogP contribution in [0.3, 0.4) is 0 Å². The zero-order valence-corrected chi connectivity index (χ0v) is 11.2. The van der Waals surface area contributed by atoms with Crippen LogP contribution in [0.15, 0.2) is 30.3 Å². The van der Waals surface area contributed by atoms with Gasteiger partial charge in [-0.3, -0.25) is 0 Å². The van der Waals surface area contributed by atoms with Gasteiger partial charge in [-0.25, -0.2) is 0 Å². The van der Waals surface area contributed by atoms with E-state index in [1.165, 1.54) is 31.2 Å². The molecule has 2 nitrogen and oxygen atoms in total. The highest BCUT2D eigenvalue weighted by molar-refractivity contribution is 5.25. The smallest absolute Gasteiger partial charge is 0.0319 e. The van der Waals surface area contributed by atoms with E-state index in [4.69, 9.17) is 5.11 Å². The Morgan fingerprint density at radius 1 is 1.12 bits per heavy atom. The Balaban J connectivity index is 0.000000686. The number of hydrogen-bond acceptors (Lipinski definition) is 2. The minimum absolute atomic E-state index is 0.411. The molecule has 2 heteroatoms. The lowest BCUT2D eigenvalue weighted by Gasteiger charge is -2.37. The van der Waals surface area contributed by atoms with Gasteiger partial charge in [0, 0.05) is 13.2 Å². The quantitative estimate of drug-likeness (QED) is 0.826. The summed E-state index contributed by atoms with van der Waals surface area (Å²) in [5.41, 5.74) is 1.92. The molecule has 1 fully saturated rings. The molecule has 0 spiro atoms. The summed E-state index contributed by atoms with van der Waals surface area (Å²) < 4.78 is 0. The second-order valence-corrected chi connectivity index (χ2v) is 4.99. The average Bonchev–Trinajstić information content (AvgIpc) is 2.43. The maximum Gasteiger partial charge on any atom is 0.0319 e. The van der Waals surface area contributed by atoms with Gasteiger partial charge in [0.25, 0.3) is 0 Å². The molecular formula is C15H25NO. The normalized spacial score (nSPS) is 28.1. The Morgan fingerprint density at radius 3 is 2.12 bits per heavy atom. The van der Waals surface area contributed by atoms with E-state index < -0.39 is 0 Å². The lowest BCUT2D eigenvalue weighted by Crippen LogP contribution is -2.36. The fraction of sp³-hybridized carbons (Fsp3) is 0.600. The van der Waals surface area contributed by atoms with Gasteiger partial charge in [-0.15, -0.1) is 0 Å². The van der Waals surface area contributed by atoms with Gasteiger partial charge < -0.3 is 10.4 Å². The molecule has 0 aliphatic heterocycles. The molecule has 1 saturated carbocycles. The van der Waals surface area contributed by atoms with Gasteiger partial charge >= 0.3 is 0 Å². The van der Waals surface area contributed by atoms with Crippen molar-refractivity contribution in [2.24, 2.45) is 0 Å². The molecule has 96 valence electrons. The first kappa shape index (κ1) is 14.2. The van der Waals surface area contributed by atoms with Crippen LogP contribution >= 0.6 is 0 Å². The van der Waals surface area contributed by atoms with Gasteiger partial charge in [0.05, 0.1) is 0 Å². The maximum atomic E-state index is 7.00. The third-order valence-corrected chi connectivity index (χ3v) is 3.97. The first-order valence-corrected chi connectivity index (χ1v) is 6.42. The van der Waals surface area contributed by atoms with Crippen LogP contribution in [0.2, 0.25) is 0 Å². The highest BCUT2D eigenvalue weighted by Crippen LogP contribution is 2.38. The number of aliphatic hydroxyl groups excluding tert-OH is 1. The van der Waals surface area contributed by atoms with Crippen molar-refractivity contribution in [2.75, 3.05) is 14.2 Å². The van der Waals surface area contributed by atoms with Crippen molar-refractivity contribution in [1.82, 2.24) is 5.32 Å². The standard InChI is InChI=1S/C14H21N.CH4O/c1-14(12-6-4-3-5-7-12)10-8-13(15-2)9-11-14;1-2/h3-7,13,15H,8-11H2,1-2H3;2H,1H3. The van der Waals surface area contributed by atoms with Crippen molar-refractivity contribution in [3.05, 3.63) is 35.9 Å². The third-order valence-electron chi connectivity index (χ3n) is 3.97. The van der Waals surface area contributed by atoms with Gasteiger partial charge in [-0.2, -0.15) is 0 Å². The Bertz CT molecular complexity index is 302. The van der Waals surface area contributed by atoms with Crippen molar-refractivity contribution in [3.63, 3.8) is 0 Å². The van der Waals surface area contributed by atoms with E-state index in [9.17, 15) is 0 Å². The van der Waals surface area contributed by atoms with Crippen LogP contribution < -0.4 is 5.32 Å². The molecule has 17 heavy (non-hydrogen) atoms. The monoisotopic (exact) mass is 235 g/mol. The van der Waals surface area contributed by atoms with Crippen LogP contribution in [0, 0.1) is 0 Å². The lowest BCUT2D eigenvalue weighted by atomic mass is 9.70. The van der Waals surface area contributed by atoms with Crippen molar-refractivity contribution in [3.8, 4) is 0 Å². The van der Waals surface area contributed by atoms with Gasteiger partial charge in [0.2, 0.25) is 0 Å². The highest BCUT2D eigenvalue weighted by atomic mass is 16.2. The summed E-state index contributed by atoms with van der Waals surface area (Å²) >= 11 is 0. The zero-order chi connectivity index (χ0) is 12.7. The number of nitrogens with one attached hydrogen (secondary N) is 1. The fourth-order valence-electron chi connectivity index (χ4n) is 2.67. The molecule has 0 bridgehead atoms.